The number of pyridine rings is 1. The topological polar surface area (TPSA) is 43.6 Å². The van der Waals surface area contributed by atoms with Crippen molar-refractivity contribution in [1.82, 2.24) is 19.7 Å². The predicted octanol–water partition coefficient (Wildman–Crippen LogP) is 4.54. The molecule has 2 heterocycles. The second kappa shape index (κ2) is 6.95. The first kappa shape index (κ1) is 15.7. The van der Waals surface area contributed by atoms with E-state index >= 15 is 0 Å². The van der Waals surface area contributed by atoms with Gasteiger partial charge in [-0.2, -0.15) is 0 Å². The third-order valence-corrected chi connectivity index (χ3v) is 5.29. The number of thioether (sulfide) groups is 1. The molecule has 3 aromatic rings. The fraction of sp³-hybridized carbons (Fsp3) is 0.278. The molecule has 0 spiro atoms. The summed E-state index contributed by atoms with van der Waals surface area (Å²) in [4.78, 5) is 4.13. The minimum Gasteiger partial charge on any atom is -0.301 e. The molecule has 1 aromatic carbocycles. The Morgan fingerprint density at radius 1 is 1.04 bits per heavy atom. The monoisotopic (exact) mass is 356 g/mol. The average Bonchev–Trinajstić information content (AvgIpc) is 3.38. The zero-order valence-corrected chi connectivity index (χ0v) is 14.7. The molecule has 1 saturated carbocycles. The van der Waals surface area contributed by atoms with Crippen LogP contribution < -0.4 is 0 Å². The third kappa shape index (κ3) is 3.62. The average molecular weight is 357 g/mol. The van der Waals surface area contributed by atoms with E-state index < -0.39 is 0 Å². The van der Waals surface area contributed by atoms with Crippen molar-refractivity contribution in [3.63, 3.8) is 0 Å². The molecule has 0 aliphatic heterocycles. The van der Waals surface area contributed by atoms with Crippen LogP contribution in [0.5, 0.6) is 0 Å². The molecule has 0 bridgehead atoms. The summed E-state index contributed by atoms with van der Waals surface area (Å²) in [5, 5.41) is 10.4. The first-order valence-corrected chi connectivity index (χ1v) is 9.36. The molecule has 1 aliphatic rings. The molecule has 4 rings (SSSR count). The fourth-order valence-electron chi connectivity index (χ4n) is 2.60. The van der Waals surface area contributed by atoms with Crippen LogP contribution in [0.4, 0.5) is 0 Å². The van der Waals surface area contributed by atoms with E-state index in [2.05, 4.69) is 44.0 Å². The van der Waals surface area contributed by atoms with Crippen molar-refractivity contribution in [3.8, 4) is 0 Å². The van der Waals surface area contributed by atoms with Crippen LogP contribution in [-0.4, -0.2) is 19.7 Å². The van der Waals surface area contributed by atoms with E-state index in [1.807, 2.05) is 24.4 Å². The first-order chi connectivity index (χ1) is 11.8. The standard InChI is InChI=1S/C18H17ClN4S/c19-16-9-6-14(10-20-16)12-24-18-22-21-17(15-7-8-15)23(18)11-13-4-2-1-3-5-13/h1-6,9-10,15H,7-8,11-12H2. The Morgan fingerprint density at radius 2 is 1.88 bits per heavy atom. The molecule has 1 fully saturated rings. The van der Waals surface area contributed by atoms with Gasteiger partial charge in [-0.25, -0.2) is 4.98 Å². The molecule has 4 nitrogen and oxygen atoms in total. The van der Waals surface area contributed by atoms with E-state index in [1.54, 1.807) is 11.8 Å². The molecule has 0 radical (unpaired) electrons. The van der Waals surface area contributed by atoms with Gasteiger partial charge in [0.2, 0.25) is 0 Å². The van der Waals surface area contributed by atoms with Crippen LogP contribution in [0.1, 0.15) is 35.7 Å². The van der Waals surface area contributed by atoms with E-state index in [4.69, 9.17) is 11.6 Å². The van der Waals surface area contributed by atoms with Gasteiger partial charge in [0.25, 0.3) is 0 Å². The van der Waals surface area contributed by atoms with Crippen molar-refractivity contribution < 1.29 is 0 Å². The van der Waals surface area contributed by atoms with Crippen molar-refractivity contribution in [1.29, 1.82) is 0 Å². The molecule has 0 amide bonds. The van der Waals surface area contributed by atoms with Gasteiger partial charge < -0.3 is 4.57 Å². The second-order valence-electron chi connectivity index (χ2n) is 5.96. The molecule has 1 aliphatic carbocycles. The van der Waals surface area contributed by atoms with E-state index in [1.165, 1.54) is 18.4 Å². The molecule has 0 saturated heterocycles. The summed E-state index contributed by atoms with van der Waals surface area (Å²) in [5.74, 6) is 2.50. The van der Waals surface area contributed by atoms with Crippen molar-refractivity contribution in [2.24, 2.45) is 0 Å². The third-order valence-electron chi connectivity index (χ3n) is 4.03. The van der Waals surface area contributed by atoms with Gasteiger partial charge in [-0.05, 0) is 30.0 Å². The van der Waals surface area contributed by atoms with Crippen LogP contribution in [0.2, 0.25) is 5.15 Å². The summed E-state index contributed by atoms with van der Waals surface area (Å²) in [7, 11) is 0. The zero-order valence-electron chi connectivity index (χ0n) is 13.1. The Labute approximate surface area is 150 Å². The molecule has 0 unspecified atom stereocenters. The fourth-order valence-corrected chi connectivity index (χ4v) is 3.60. The van der Waals surface area contributed by atoms with Crippen LogP contribution in [0.25, 0.3) is 0 Å². The maximum atomic E-state index is 5.85. The lowest BCUT2D eigenvalue weighted by Gasteiger charge is -2.10. The van der Waals surface area contributed by atoms with Crippen molar-refractivity contribution >= 4 is 23.4 Å². The molecule has 122 valence electrons. The molecule has 6 heteroatoms. The van der Waals surface area contributed by atoms with Gasteiger partial charge in [-0.3, -0.25) is 0 Å². The highest BCUT2D eigenvalue weighted by molar-refractivity contribution is 7.98. The van der Waals surface area contributed by atoms with Crippen LogP contribution >= 0.6 is 23.4 Å². The Bertz CT molecular complexity index is 813. The Kier molecular flexibility index (Phi) is 4.54. The lowest BCUT2D eigenvalue weighted by Crippen LogP contribution is -2.06. The van der Waals surface area contributed by atoms with Gasteiger partial charge >= 0.3 is 0 Å². The van der Waals surface area contributed by atoms with Crippen molar-refractivity contribution in [2.75, 3.05) is 0 Å². The summed E-state index contributed by atoms with van der Waals surface area (Å²) >= 11 is 7.54. The van der Waals surface area contributed by atoms with E-state index in [0.717, 1.165) is 28.8 Å². The largest absolute Gasteiger partial charge is 0.301 e. The Balaban J connectivity index is 1.54. The van der Waals surface area contributed by atoms with Crippen LogP contribution in [0.3, 0.4) is 0 Å². The highest BCUT2D eigenvalue weighted by Crippen LogP contribution is 2.40. The lowest BCUT2D eigenvalue weighted by atomic mass is 10.2. The number of aromatic nitrogens is 4. The maximum Gasteiger partial charge on any atom is 0.191 e. The highest BCUT2D eigenvalue weighted by Gasteiger charge is 2.30. The molecule has 0 atom stereocenters. The highest BCUT2D eigenvalue weighted by atomic mass is 35.5. The number of nitrogens with zero attached hydrogens (tertiary/aromatic N) is 4. The van der Waals surface area contributed by atoms with Gasteiger partial charge in [-0.1, -0.05) is 59.8 Å². The predicted molar refractivity (Wildman–Crippen MR) is 96.3 cm³/mol. The van der Waals surface area contributed by atoms with E-state index in [9.17, 15) is 0 Å². The van der Waals surface area contributed by atoms with Crippen molar-refractivity contribution in [2.45, 2.75) is 36.2 Å². The molecule has 0 N–H and O–H groups in total. The Hall–Kier alpha value is -1.85. The van der Waals surface area contributed by atoms with Crippen LogP contribution in [0, 0.1) is 0 Å². The molecular formula is C18H17ClN4S. The summed E-state index contributed by atoms with van der Waals surface area (Å²) in [6.45, 7) is 0.820. The van der Waals surface area contributed by atoms with E-state index in [0.29, 0.717) is 11.1 Å². The minimum atomic E-state index is 0.520. The lowest BCUT2D eigenvalue weighted by molar-refractivity contribution is 0.667. The quantitative estimate of drug-likeness (QED) is 0.480. The van der Waals surface area contributed by atoms with Crippen molar-refractivity contribution in [3.05, 3.63) is 70.8 Å². The second-order valence-corrected chi connectivity index (χ2v) is 7.29. The zero-order chi connectivity index (χ0) is 16.4. The number of rotatable bonds is 6. The molecule has 24 heavy (non-hydrogen) atoms. The maximum absolute atomic E-state index is 5.85. The number of hydrogen-bond donors (Lipinski definition) is 0. The summed E-state index contributed by atoms with van der Waals surface area (Å²) in [6, 6.07) is 14.3. The molecule has 2 aromatic heterocycles. The van der Waals surface area contributed by atoms with Gasteiger partial charge in [0.1, 0.15) is 11.0 Å². The van der Waals surface area contributed by atoms with Gasteiger partial charge in [0.15, 0.2) is 5.16 Å². The van der Waals surface area contributed by atoms with Gasteiger partial charge in [-0.15, -0.1) is 10.2 Å². The number of halogens is 1. The normalized spacial score (nSPS) is 14.0. The van der Waals surface area contributed by atoms with Gasteiger partial charge in [0, 0.05) is 17.9 Å². The summed E-state index contributed by atoms with van der Waals surface area (Å²) < 4.78 is 2.26. The van der Waals surface area contributed by atoms with E-state index in [-0.39, 0.29) is 0 Å². The van der Waals surface area contributed by atoms with Gasteiger partial charge in [0.05, 0.1) is 6.54 Å². The smallest absolute Gasteiger partial charge is 0.191 e. The summed E-state index contributed by atoms with van der Waals surface area (Å²) in [5.41, 5.74) is 2.40. The SMILES string of the molecule is Clc1ccc(CSc2nnc(C3CC3)n2Cc2ccccc2)cn1. The number of benzene rings is 1. The molecular weight excluding hydrogens is 340 g/mol. The Morgan fingerprint density at radius 3 is 2.58 bits per heavy atom. The van der Waals surface area contributed by atoms with Crippen LogP contribution in [0.15, 0.2) is 53.8 Å². The first-order valence-electron chi connectivity index (χ1n) is 8.00. The van der Waals surface area contributed by atoms with Crippen LogP contribution in [-0.2, 0) is 12.3 Å². The summed E-state index contributed by atoms with van der Waals surface area (Å²) in [6.07, 6.45) is 4.26. The minimum absolute atomic E-state index is 0.520. The number of hydrogen-bond acceptors (Lipinski definition) is 4.